The summed E-state index contributed by atoms with van der Waals surface area (Å²) in [7, 11) is 1.60. The topological polar surface area (TPSA) is 64.8 Å². The molecule has 0 bridgehead atoms. The van der Waals surface area contributed by atoms with Gasteiger partial charge in [0.05, 0.1) is 19.8 Å². The fourth-order valence-corrected chi connectivity index (χ4v) is 2.79. The smallest absolute Gasteiger partial charge is 0.248 e. The fourth-order valence-electron chi connectivity index (χ4n) is 2.66. The first-order chi connectivity index (χ1) is 11.7. The number of hydrogen-bond donors (Lipinski definition) is 0. The summed E-state index contributed by atoms with van der Waals surface area (Å²) in [5.74, 6) is 0.706. The number of rotatable bonds is 6. The van der Waals surface area contributed by atoms with E-state index in [-0.39, 0.29) is 12.5 Å². The molecule has 1 aromatic carbocycles. The second-order valence-electron chi connectivity index (χ2n) is 5.55. The summed E-state index contributed by atoms with van der Waals surface area (Å²) in [6, 6.07) is 7.46. The molecule has 0 atom stereocenters. The van der Waals surface area contributed by atoms with E-state index < -0.39 is 0 Å². The lowest BCUT2D eigenvalue weighted by molar-refractivity contribution is -0.137. The molecule has 0 N–H and O–H groups in total. The molecule has 2 heterocycles. The average Bonchev–Trinajstić information content (AvgIpc) is 3.02. The minimum atomic E-state index is -0.0483. The van der Waals surface area contributed by atoms with Crippen molar-refractivity contribution in [2.75, 3.05) is 33.5 Å². The lowest BCUT2D eigenvalue weighted by atomic mass is 10.0. The first-order valence-corrected chi connectivity index (χ1v) is 8.14. The van der Waals surface area contributed by atoms with Gasteiger partial charge in [0.2, 0.25) is 5.91 Å². The summed E-state index contributed by atoms with van der Waals surface area (Å²) in [6.07, 6.45) is 0.709. The predicted octanol–water partition coefficient (Wildman–Crippen LogP) is 2.54. The van der Waals surface area contributed by atoms with Gasteiger partial charge < -0.3 is 18.9 Å². The molecule has 128 valence electrons. The Morgan fingerprint density at radius 1 is 1.33 bits per heavy atom. The van der Waals surface area contributed by atoms with Gasteiger partial charge in [-0.3, -0.25) is 4.79 Å². The molecule has 6 nitrogen and oxygen atoms in total. The van der Waals surface area contributed by atoms with Gasteiger partial charge in [0, 0.05) is 29.8 Å². The molecule has 24 heavy (non-hydrogen) atoms. The van der Waals surface area contributed by atoms with Crippen LogP contribution in [-0.4, -0.2) is 49.4 Å². The normalized spacial score (nSPS) is 13.8. The van der Waals surface area contributed by atoms with Crippen LogP contribution in [0.15, 0.2) is 28.8 Å². The van der Waals surface area contributed by atoms with Crippen molar-refractivity contribution < 1.29 is 18.8 Å². The third-order valence-electron chi connectivity index (χ3n) is 3.96. The number of benzene rings is 1. The van der Waals surface area contributed by atoms with Crippen molar-refractivity contribution in [3.8, 4) is 11.3 Å². The Kier molecular flexibility index (Phi) is 5.50. The summed E-state index contributed by atoms with van der Waals surface area (Å²) in [5.41, 5.74) is 2.80. The van der Waals surface area contributed by atoms with Crippen LogP contribution < -0.4 is 0 Å². The monoisotopic (exact) mass is 350 g/mol. The molecule has 1 aliphatic heterocycles. The van der Waals surface area contributed by atoms with Gasteiger partial charge in [-0.25, -0.2) is 0 Å². The zero-order chi connectivity index (χ0) is 16.9. The number of carbonyl (C=O) groups excluding carboxylic acids is 1. The van der Waals surface area contributed by atoms with Crippen molar-refractivity contribution in [2.45, 2.75) is 13.0 Å². The minimum absolute atomic E-state index is 0.0483. The molecule has 1 aliphatic rings. The van der Waals surface area contributed by atoms with Crippen LogP contribution in [0.25, 0.3) is 11.3 Å². The van der Waals surface area contributed by atoms with E-state index in [0.29, 0.717) is 37.7 Å². The Morgan fingerprint density at radius 3 is 2.88 bits per heavy atom. The van der Waals surface area contributed by atoms with Crippen molar-refractivity contribution >= 4 is 17.5 Å². The van der Waals surface area contributed by atoms with E-state index in [2.05, 4.69) is 5.16 Å². The van der Waals surface area contributed by atoms with Gasteiger partial charge in [-0.05, 0) is 30.7 Å². The second kappa shape index (κ2) is 7.79. The third kappa shape index (κ3) is 3.77. The van der Waals surface area contributed by atoms with Crippen LogP contribution in [0.1, 0.15) is 11.3 Å². The predicted molar refractivity (Wildman–Crippen MR) is 88.8 cm³/mol. The molecule has 0 saturated heterocycles. The van der Waals surface area contributed by atoms with E-state index >= 15 is 0 Å². The number of ether oxygens (including phenoxy) is 2. The Hall–Kier alpha value is -1.89. The molecule has 0 spiro atoms. The highest BCUT2D eigenvalue weighted by molar-refractivity contribution is 6.30. The highest BCUT2D eigenvalue weighted by atomic mass is 35.5. The van der Waals surface area contributed by atoms with Crippen molar-refractivity contribution in [3.05, 3.63) is 40.5 Å². The number of hydrogen-bond acceptors (Lipinski definition) is 5. The fraction of sp³-hybridized carbons (Fsp3) is 0.412. The lowest BCUT2D eigenvalue weighted by Gasteiger charge is -2.26. The molecule has 0 fully saturated rings. The van der Waals surface area contributed by atoms with Gasteiger partial charge >= 0.3 is 0 Å². The maximum Gasteiger partial charge on any atom is 0.248 e. The van der Waals surface area contributed by atoms with Crippen LogP contribution in [0, 0.1) is 0 Å². The molecule has 2 aromatic rings. The van der Waals surface area contributed by atoms with Crippen LogP contribution in [0.3, 0.4) is 0 Å². The van der Waals surface area contributed by atoms with Crippen LogP contribution in [0.4, 0.5) is 0 Å². The van der Waals surface area contributed by atoms with E-state index in [4.69, 9.17) is 25.6 Å². The van der Waals surface area contributed by atoms with Crippen LogP contribution in [-0.2, 0) is 27.2 Å². The highest BCUT2D eigenvalue weighted by Crippen LogP contribution is 2.30. The Balaban J connectivity index is 1.65. The SMILES string of the molecule is COCCOCC(=O)N1CCc2c(noc2-c2ccc(Cl)cc2)C1. The largest absolute Gasteiger partial charge is 0.382 e. The molecular formula is C17H19ClN2O4. The van der Waals surface area contributed by atoms with Crippen molar-refractivity contribution in [1.82, 2.24) is 10.1 Å². The summed E-state index contributed by atoms with van der Waals surface area (Å²) in [6.45, 7) is 2.01. The van der Waals surface area contributed by atoms with E-state index in [9.17, 15) is 4.79 Å². The van der Waals surface area contributed by atoms with Crippen molar-refractivity contribution in [2.24, 2.45) is 0 Å². The maximum absolute atomic E-state index is 12.2. The highest BCUT2D eigenvalue weighted by Gasteiger charge is 2.27. The zero-order valence-corrected chi connectivity index (χ0v) is 14.2. The van der Waals surface area contributed by atoms with Crippen LogP contribution in [0.5, 0.6) is 0 Å². The molecule has 0 unspecified atom stereocenters. The van der Waals surface area contributed by atoms with Crippen molar-refractivity contribution in [3.63, 3.8) is 0 Å². The van der Waals surface area contributed by atoms with E-state index in [1.54, 1.807) is 12.0 Å². The van der Waals surface area contributed by atoms with Crippen LogP contribution >= 0.6 is 11.6 Å². The molecule has 1 amide bonds. The van der Waals surface area contributed by atoms with E-state index in [0.717, 1.165) is 22.6 Å². The number of methoxy groups -OCH3 is 1. The molecule has 7 heteroatoms. The summed E-state index contributed by atoms with van der Waals surface area (Å²) in [4.78, 5) is 13.9. The lowest BCUT2D eigenvalue weighted by Crippen LogP contribution is -2.38. The molecule has 0 saturated carbocycles. The quantitative estimate of drug-likeness (QED) is 0.749. The summed E-state index contributed by atoms with van der Waals surface area (Å²) < 4.78 is 15.7. The number of amides is 1. The number of carbonyl (C=O) groups is 1. The second-order valence-corrected chi connectivity index (χ2v) is 5.99. The number of aromatic nitrogens is 1. The number of nitrogens with zero attached hydrogens (tertiary/aromatic N) is 2. The Labute approximate surface area is 145 Å². The van der Waals surface area contributed by atoms with E-state index in [1.807, 2.05) is 24.3 Å². The van der Waals surface area contributed by atoms with Crippen molar-refractivity contribution in [1.29, 1.82) is 0 Å². The molecule has 0 aliphatic carbocycles. The Bertz CT molecular complexity index is 699. The minimum Gasteiger partial charge on any atom is -0.382 e. The first kappa shape index (κ1) is 17.0. The third-order valence-corrected chi connectivity index (χ3v) is 4.21. The van der Waals surface area contributed by atoms with Gasteiger partial charge in [-0.1, -0.05) is 16.8 Å². The molecule has 1 aromatic heterocycles. The zero-order valence-electron chi connectivity index (χ0n) is 13.5. The average molecular weight is 351 g/mol. The van der Waals surface area contributed by atoms with E-state index in [1.165, 1.54) is 0 Å². The molecular weight excluding hydrogens is 332 g/mol. The number of halogens is 1. The number of fused-ring (bicyclic) bond motifs is 1. The van der Waals surface area contributed by atoms with Gasteiger partial charge in [-0.15, -0.1) is 0 Å². The molecule has 3 rings (SSSR count). The van der Waals surface area contributed by atoms with Gasteiger partial charge in [0.25, 0.3) is 0 Å². The first-order valence-electron chi connectivity index (χ1n) is 7.77. The maximum atomic E-state index is 12.2. The summed E-state index contributed by atoms with van der Waals surface area (Å²) in [5, 5.41) is 4.81. The van der Waals surface area contributed by atoms with Gasteiger partial charge in [0.15, 0.2) is 5.76 Å². The Morgan fingerprint density at radius 2 is 2.12 bits per heavy atom. The summed E-state index contributed by atoms with van der Waals surface area (Å²) >= 11 is 5.92. The molecule has 0 radical (unpaired) electrons. The van der Waals surface area contributed by atoms with Crippen LogP contribution in [0.2, 0.25) is 5.02 Å². The van der Waals surface area contributed by atoms with Gasteiger partial charge in [0.1, 0.15) is 12.3 Å². The van der Waals surface area contributed by atoms with Gasteiger partial charge in [-0.2, -0.15) is 0 Å². The standard InChI is InChI=1S/C17H19ClN2O4/c1-22-8-9-23-11-16(21)20-7-6-14-15(10-20)19-24-17(14)12-2-4-13(18)5-3-12/h2-5H,6-11H2,1H3.